The molecule has 0 aromatic heterocycles. The Hall–Kier alpha value is -2.10. The fraction of sp³-hybridized carbons (Fsp3) is 0.375. The van der Waals surface area contributed by atoms with Gasteiger partial charge in [0.2, 0.25) is 11.8 Å². The highest BCUT2D eigenvalue weighted by atomic mass is 16.2. The number of rotatable bonds is 7. The van der Waals surface area contributed by atoms with Crippen molar-refractivity contribution in [2.24, 2.45) is 0 Å². The van der Waals surface area contributed by atoms with Crippen LogP contribution in [0.2, 0.25) is 0 Å². The number of amides is 2. The Morgan fingerprint density at radius 1 is 1.35 bits per heavy atom. The molecule has 0 unspecified atom stereocenters. The molecule has 0 radical (unpaired) electrons. The van der Waals surface area contributed by atoms with Crippen molar-refractivity contribution in [2.75, 3.05) is 6.54 Å². The number of nitrogens with zero attached hydrogens (tertiary/aromatic N) is 1. The number of benzene rings is 1. The molecular weight excluding hydrogens is 252 g/mol. The van der Waals surface area contributed by atoms with Crippen molar-refractivity contribution in [3.05, 3.63) is 48.6 Å². The van der Waals surface area contributed by atoms with E-state index < -0.39 is 6.04 Å². The van der Waals surface area contributed by atoms with Crippen molar-refractivity contribution in [3.8, 4) is 0 Å². The summed E-state index contributed by atoms with van der Waals surface area (Å²) >= 11 is 0. The lowest BCUT2D eigenvalue weighted by atomic mass is 10.1. The quantitative estimate of drug-likeness (QED) is 0.774. The Labute approximate surface area is 120 Å². The van der Waals surface area contributed by atoms with Gasteiger partial charge in [-0.05, 0) is 12.5 Å². The Bertz CT molecular complexity index is 457. The third kappa shape index (κ3) is 4.53. The van der Waals surface area contributed by atoms with Gasteiger partial charge in [0.25, 0.3) is 0 Å². The maximum Gasteiger partial charge on any atom is 0.242 e. The van der Waals surface area contributed by atoms with Gasteiger partial charge >= 0.3 is 0 Å². The summed E-state index contributed by atoms with van der Waals surface area (Å²) in [5, 5.41) is 2.73. The smallest absolute Gasteiger partial charge is 0.242 e. The van der Waals surface area contributed by atoms with E-state index in [0.717, 1.165) is 5.56 Å². The third-order valence-corrected chi connectivity index (χ3v) is 3.09. The van der Waals surface area contributed by atoms with Crippen molar-refractivity contribution in [3.63, 3.8) is 0 Å². The molecule has 0 fully saturated rings. The molecule has 20 heavy (non-hydrogen) atoms. The highest BCUT2D eigenvalue weighted by molar-refractivity contribution is 5.87. The second kappa shape index (κ2) is 8.15. The average Bonchev–Trinajstić information content (AvgIpc) is 2.49. The van der Waals surface area contributed by atoms with Crippen LogP contribution in [0.25, 0.3) is 0 Å². The number of nitrogens with one attached hydrogen (secondary N) is 1. The summed E-state index contributed by atoms with van der Waals surface area (Å²) in [6.07, 6.45) is 2.00. The first-order valence-electron chi connectivity index (χ1n) is 6.82. The predicted octanol–water partition coefficient (Wildman–Crippen LogP) is 2.12. The largest absolute Gasteiger partial charge is 0.351 e. The van der Waals surface area contributed by atoms with Gasteiger partial charge in [-0.3, -0.25) is 9.59 Å². The fourth-order valence-corrected chi connectivity index (χ4v) is 1.89. The van der Waals surface area contributed by atoms with Gasteiger partial charge in [0.05, 0.1) is 0 Å². The molecule has 0 spiro atoms. The molecule has 1 rings (SSSR count). The van der Waals surface area contributed by atoms with Crippen LogP contribution in [-0.2, 0) is 16.1 Å². The van der Waals surface area contributed by atoms with E-state index in [4.69, 9.17) is 0 Å². The number of hydrogen-bond acceptors (Lipinski definition) is 2. The SMILES string of the molecule is C=CCNC(=O)[C@H](C)N(Cc1ccccc1)C(=O)CC. The van der Waals surface area contributed by atoms with Crippen molar-refractivity contribution in [1.82, 2.24) is 10.2 Å². The maximum atomic E-state index is 12.1. The van der Waals surface area contributed by atoms with Crippen LogP contribution >= 0.6 is 0 Å². The van der Waals surface area contributed by atoms with Gasteiger partial charge < -0.3 is 10.2 Å². The first kappa shape index (κ1) is 16.0. The summed E-state index contributed by atoms with van der Waals surface area (Å²) in [7, 11) is 0. The minimum atomic E-state index is -0.498. The molecule has 0 heterocycles. The van der Waals surface area contributed by atoms with E-state index >= 15 is 0 Å². The molecule has 0 aliphatic carbocycles. The van der Waals surface area contributed by atoms with Gasteiger partial charge in [-0.1, -0.05) is 43.3 Å². The molecule has 2 amide bonds. The van der Waals surface area contributed by atoms with Crippen LogP contribution in [0.15, 0.2) is 43.0 Å². The van der Waals surface area contributed by atoms with E-state index in [2.05, 4.69) is 11.9 Å². The van der Waals surface area contributed by atoms with Gasteiger partial charge in [-0.15, -0.1) is 6.58 Å². The Morgan fingerprint density at radius 3 is 2.55 bits per heavy atom. The number of hydrogen-bond donors (Lipinski definition) is 1. The Balaban J connectivity index is 2.81. The zero-order valence-electron chi connectivity index (χ0n) is 12.1. The summed E-state index contributed by atoms with van der Waals surface area (Å²) in [4.78, 5) is 25.7. The van der Waals surface area contributed by atoms with Crippen LogP contribution in [0.4, 0.5) is 0 Å². The zero-order valence-corrected chi connectivity index (χ0v) is 12.1. The molecule has 4 nitrogen and oxygen atoms in total. The summed E-state index contributed by atoms with van der Waals surface area (Å²) < 4.78 is 0. The number of carbonyl (C=O) groups excluding carboxylic acids is 2. The second-order valence-electron chi connectivity index (χ2n) is 4.57. The molecule has 0 bridgehead atoms. The van der Waals surface area contributed by atoms with E-state index in [1.54, 1.807) is 24.8 Å². The Morgan fingerprint density at radius 2 is 2.00 bits per heavy atom. The van der Waals surface area contributed by atoms with E-state index in [1.807, 2.05) is 30.3 Å². The molecule has 1 N–H and O–H groups in total. The maximum absolute atomic E-state index is 12.1. The minimum absolute atomic E-state index is 0.0323. The van der Waals surface area contributed by atoms with Gasteiger partial charge in [-0.2, -0.15) is 0 Å². The number of carbonyl (C=O) groups is 2. The standard InChI is InChI=1S/C16H22N2O2/c1-4-11-17-16(20)13(3)18(15(19)5-2)12-14-9-7-6-8-10-14/h4,6-10,13H,1,5,11-12H2,2-3H3,(H,17,20)/t13-/m0/s1. The molecule has 108 valence electrons. The molecule has 1 atom stereocenters. The summed E-state index contributed by atoms with van der Waals surface area (Å²) in [6.45, 7) is 7.95. The monoisotopic (exact) mass is 274 g/mol. The van der Waals surface area contributed by atoms with Gasteiger partial charge in [0.1, 0.15) is 6.04 Å². The van der Waals surface area contributed by atoms with Crippen LogP contribution < -0.4 is 5.32 Å². The Kier molecular flexibility index (Phi) is 6.50. The topological polar surface area (TPSA) is 49.4 Å². The first-order chi connectivity index (χ1) is 9.60. The lowest BCUT2D eigenvalue weighted by molar-refractivity contribution is -0.140. The van der Waals surface area contributed by atoms with E-state index in [0.29, 0.717) is 19.5 Å². The lowest BCUT2D eigenvalue weighted by Gasteiger charge is -2.28. The summed E-state index contributed by atoms with van der Waals surface area (Å²) in [5.41, 5.74) is 1.01. The van der Waals surface area contributed by atoms with Crippen LogP contribution in [0.1, 0.15) is 25.8 Å². The van der Waals surface area contributed by atoms with Crippen molar-refractivity contribution >= 4 is 11.8 Å². The molecule has 4 heteroatoms. The van der Waals surface area contributed by atoms with E-state index in [9.17, 15) is 9.59 Å². The third-order valence-electron chi connectivity index (χ3n) is 3.09. The molecule has 1 aromatic carbocycles. The zero-order chi connectivity index (χ0) is 15.0. The summed E-state index contributed by atoms with van der Waals surface area (Å²) in [6, 6.07) is 9.17. The normalized spacial score (nSPS) is 11.5. The molecule has 0 saturated carbocycles. The summed E-state index contributed by atoms with van der Waals surface area (Å²) in [5.74, 6) is -0.197. The van der Waals surface area contributed by atoms with Crippen LogP contribution in [0.3, 0.4) is 0 Å². The van der Waals surface area contributed by atoms with E-state index in [1.165, 1.54) is 0 Å². The van der Waals surface area contributed by atoms with Crippen LogP contribution in [0, 0.1) is 0 Å². The van der Waals surface area contributed by atoms with E-state index in [-0.39, 0.29) is 11.8 Å². The molecule has 1 aromatic rings. The van der Waals surface area contributed by atoms with Gasteiger partial charge in [-0.25, -0.2) is 0 Å². The molecule has 0 aliphatic heterocycles. The van der Waals surface area contributed by atoms with Gasteiger partial charge in [0.15, 0.2) is 0 Å². The fourth-order valence-electron chi connectivity index (χ4n) is 1.89. The van der Waals surface area contributed by atoms with Gasteiger partial charge in [0, 0.05) is 19.5 Å². The average molecular weight is 274 g/mol. The van der Waals surface area contributed by atoms with Crippen LogP contribution in [-0.4, -0.2) is 29.3 Å². The van der Waals surface area contributed by atoms with Crippen molar-refractivity contribution < 1.29 is 9.59 Å². The molecule has 0 aliphatic rings. The highest BCUT2D eigenvalue weighted by Gasteiger charge is 2.24. The second-order valence-corrected chi connectivity index (χ2v) is 4.57. The highest BCUT2D eigenvalue weighted by Crippen LogP contribution is 2.10. The van der Waals surface area contributed by atoms with Crippen molar-refractivity contribution in [2.45, 2.75) is 32.9 Å². The minimum Gasteiger partial charge on any atom is -0.351 e. The first-order valence-corrected chi connectivity index (χ1v) is 6.82. The lowest BCUT2D eigenvalue weighted by Crippen LogP contribution is -2.47. The molecule has 0 saturated heterocycles. The molecular formula is C16H22N2O2. The van der Waals surface area contributed by atoms with Crippen molar-refractivity contribution in [1.29, 1.82) is 0 Å². The van der Waals surface area contributed by atoms with Crippen LogP contribution in [0.5, 0.6) is 0 Å². The predicted molar refractivity (Wildman–Crippen MR) is 80.0 cm³/mol.